The molecule has 0 spiro atoms. The number of carboxylic acid groups (broad SMARTS) is 2. The lowest BCUT2D eigenvalue weighted by Crippen LogP contribution is -2.02. The maximum absolute atomic E-state index is 12.5. The molecule has 7 nitrogen and oxygen atoms in total. The fourth-order valence-electron chi connectivity index (χ4n) is 2.50. The Hall–Kier alpha value is -3.61. The molecule has 0 saturated heterocycles. The van der Waals surface area contributed by atoms with Crippen molar-refractivity contribution in [2.75, 3.05) is 7.11 Å². The molecule has 1 unspecified atom stereocenters. The van der Waals surface area contributed by atoms with Gasteiger partial charge in [-0.3, -0.25) is 4.79 Å². The molecule has 0 radical (unpaired) electrons. The number of hydrogen-bond donors (Lipinski definition) is 3. The Balaban J connectivity index is 3.00. The van der Waals surface area contributed by atoms with E-state index in [4.69, 9.17) is 14.9 Å². The molecule has 0 aliphatic heterocycles. The van der Waals surface area contributed by atoms with Crippen LogP contribution < -0.4 is 4.74 Å². The van der Waals surface area contributed by atoms with Crippen LogP contribution in [0.25, 0.3) is 0 Å². The summed E-state index contributed by atoms with van der Waals surface area (Å²) < 4.78 is 5.23. The van der Waals surface area contributed by atoms with Gasteiger partial charge in [0.15, 0.2) is 5.78 Å². The van der Waals surface area contributed by atoms with Crippen LogP contribution in [0.2, 0.25) is 0 Å². The Morgan fingerprint density at radius 2 is 1.62 bits per heavy atom. The molecule has 0 aliphatic rings. The number of rotatable bonds is 11. The lowest BCUT2D eigenvalue weighted by molar-refractivity contribution is -0.132. The Kier molecular flexibility index (Phi) is 9.67. The third kappa shape index (κ3) is 8.30. The molecule has 154 valence electrons. The van der Waals surface area contributed by atoms with E-state index in [1.54, 1.807) is 6.07 Å². The molecular formula is C22H24O7. The van der Waals surface area contributed by atoms with Gasteiger partial charge >= 0.3 is 11.9 Å². The number of aromatic hydroxyl groups is 1. The van der Waals surface area contributed by atoms with E-state index in [0.29, 0.717) is 24.2 Å². The minimum atomic E-state index is -1.07. The van der Waals surface area contributed by atoms with E-state index in [1.165, 1.54) is 49.6 Å². The van der Waals surface area contributed by atoms with Crippen LogP contribution in [0.1, 0.15) is 41.6 Å². The SMILES string of the molecule is COc1cc(C(=O)C=CC=CC=CC(=O)O)c(O)c(C(C)CCC=CC(=O)O)c1. The second-order valence-electron chi connectivity index (χ2n) is 6.14. The Morgan fingerprint density at radius 3 is 2.21 bits per heavy atom. The first-order chi connectivity index (χ1) is 13.8. The summed E-state index contributed by atoms with van der Waals surface area (Å²) in [6, 6.07) is 3.09. The molecule has 0 saturated carbocycles. The molecule has 1 aromatic carbocycles. The normalized spacial score (nSPS) is 12.9. The van der Waals surface area contributed by atoms with Gasteiger partial charge in [0.05, 0.1) is 12.7 Å². The molecule has 0 heterocycles. The summed E-state index contributed by atoms with van der Waals surface area (Å²) in [5, 5.41) is 27.7. The van der Waals surface area contributed by atoms with Gasteiger partial charge in [-0.1, -0.05) is 37.3 Å². The number of carbonyl (C=O) groups is 3. The third-order valence-electron chi connectivity index (χ3n) is 3.99. The molecule has 0 bridgehead atoms. The molecule has 29 heavy (non-hydrogen) atoms. The first kappa shape index (κ1) is 23.4. The van der Waals surface area contributed by atoms with Crippen molar-refractivity contribution in [2.45, 2.75) is 25.7 Å². The van der Waals surface area contributed by atoms with Crippen molar-refractivity contribution in [1.82, 2.24) is 0 Å². The van der Waals surface area contributed by atoms with E-state index in [1.807, 2.05) is 6.92 Å². The number of aliphatic carboxylic acids is 2. The third-order valence-corrected chi connectivity index (χ3v) is 3.99. The van der Waals surface area contributed by atoms with Crippen molar-refractivity contribution in [3.05, 3.63) is 71.9 Å². The smallest absolute Gasteiger partial charge is 0.328 e. The van der Waals surface area contributed by atoms with Crippen LogP contribution >= 0.6 is 0 Å². The number of ketones is 1. The molecule has 1 aromatic rings. The summed E-state index contributed by atoms with van der Waals surface area (Å²) >= 11 is 0. The number of phenols is 1. The van der Waals surface area contributed by atoms with Gasteiger partial charge in [-0.15, -0.1) is 0 Å². The zero-order valence-corrected chi connectivity index (χ0v) is 16.2. The number of hydrogen-bond acceptors (Lipinski definition) is 5. The van der Waals surface area contributed by atoms with Crippen LogP contribution in [0, 0.1) is 0 Å². The highest BCUT2D eigenvalue weighted by molar-refractivity contribution is 6.07. The quantitative estimate of drug-likeness (QED) is 0.293. The molecule has 7 heteroatoms. The minimum Gasteiger partial charge on any atom is -0.507 e. The van der Waals surface area contributed by atoms with Crippen LogP contribution in [-0.2, 0) is 9.59 Å². The van der Waals surface area contributed by atoms with Crippen LogP contribution in [-0.4, -0.2) is 40.2 Å². The standard InChI is InChI=1S/C22H24O7/c1-15(9-7-8-12-21(26)27)17-13-16(29-2)14-18(22(17)28)19(23)10-5-3-4-6-11-20(24)25/h3-6,8,10-15,28H,7,9H2,1-2H3,(H,24,25)(H,26,27). The van der Waals surface area contributed by atoms with E-state index in [2.05, 4.69) is 0 Å². The monoisotopic (exact) mass is 400 g/mol. The fraction of sp³-hybridized carbons (Fsp3) is 0.227. The second-order valence-corrected chi connectivity index (χ2v) is 6.14. The van der Waals surface area contributed by atoms with Crippen LogP contribution in [0.15, 0.2) is 60.7 Å². The molecule has 0 aromatic heterocycles. The van der Waals surface area contributed by atoms with E-state index in [-0.39, 0.29) is 17.2 Å². The number of methoxy groups -OCH3 is 1. The van der Waals surface area contributed by atoms with E-state index in [9.17, 15) is 19.5 Å². The van der Waals surface area contributed by atoms with Crippen molar-refractivity contribution in [2.24, 2.45) is 0 Å². The first-order valence-corrected chi connectivity index (χ1v) is 8.85. The number of allylic oxidation sites excluding steroid dienone is 6. The van der Waals surface area contributed by atoms with Gasteiger partial charge in [-0.25, -0.2) is 9.59 Å². The van der Waals surface area contributed by atoms with Gasteiger partial charge in [0.25, 0.3) is 0 Å². The molecule has 3 N–H and O–H groups in total. The van der Waals surface area contributed by atoms with Gasteiger partial charge < -0.3 is 20.1 Å². The predicted molar refractivity (Wildman–Crippen MR) is 108 cm³/mol. The maximum Gasteiger partial charge on any atom is 0.328 e. The van der Waals surface area contributed by atoms with Crippen molar-refractivity contribution in [3.63, 3.8) is 0 Å². The summed E-state index contributed by atoms with van der Waals surface area (Å²) in [5.41, 5.74) is 0.614. The van der Waals surface area contributed by atoms with Crippen molar-refractivity contribution < 1.29 is 34.4 Å². The highest BCUT2D eigenvalue weighted by Crippen LogP contribution is 2.36. The predicted octanol–water partition coefficient (Wildman–Crippen LogP) is 3.86. The largest absolute Gasteiger partial charge is 0.507 e. The number of phenolic OH excluding ortho intramolecular Hbond substituents is 1. The van der Waals surface area contributed by atoms with E-state index < -0.39 is 17.7 Å². The van der Waals surface area contributed by atoms with Gasteiger partial charge in [0, 0.05) is 17.7 Å². The van der Waals surface area contributed by atoms with Gasteiger partial charge in [0.2, 0.25) is 0 Å². The first-order valence-electron chi connectivity index (χ1n) is 8.85. The molecule has 1 rings (SSSR count). The van der Waals surface area contributed by atoms with Crippen molar-refractivity contribution in [3.8, 4) is 11.5 Å². The molecule has 1 atom stereocenters. The number of ether oxygens (including phenoxy) is 1. The Bertz CT molecular complexity index is 860. The van der Waals surface area contributed by atoms with E-state index in [0.717, 1.165) is 12.2 Å². The number of carbonyl (C=O) groups excluding carboxylic acids is 1. The van der Waals surface area contributed by atoms with Crippen molar-refractivity contribution >= 4 is 17.7 Å². The second kappa shape index (κ2) is 12.0. The maximum atomic E-state index is 12.5. The van der Waals surface area contributed by atoms with Crippen LogP contribution in [0.3, 0.4) is 0 Å². The average molecular weight is 400 g/mol. The average Bonchev–Trinajstić information content (AvgIpc) is 2.67. The van der Waals surface area contributed by atoms with Crippen molar-refractivity contribution in [1.29, 1.82) is 0 Å². The van der Waals surface area contributed by atoms with Gasteiger partial charge in [-0.05, 0) is 37.0 Å². The topological polar surface area (TPSA) is 121 Å². The zero-order valence-electron chi connectivity index (χ0n) is 16.2. The highest BCUT2D eigenvalue weighted by atomic mass is 16.5. The summed E-state index contributed by atoms with van der Waals surface area (Å²) in [6.45, 7) is 1.87. The van der Waals surface area contributed by atoms with Gasteiger partial charge in [0.1, 0.15) is 11.5 Å². The molecule has 0 aliphatic carbocycles. The summed E-state index contributed by atoms with van der Waals surface area (Å²) in [6.07, 6.45) is 11.6. The summed E-state index contributed by atoms with van der Waals surface area (Å²) in [7, 11) is 1.46. The van der Waals surface area contributed by atoms with Crippen LogP contribution in [0.4, 0.5) is 0 Å². The molecule has 0 amide bonds. The van der Waals surface area contributed by atoms with Gasteiger partial charge in [-0.2, -0.15) is 0 Å². The minimum absolute atomic E-state index is 0.0815. The highest BCUT2D eigenvalue weighted by Gasteiger charge is 2.18. The lowest BCUT2D eigenvalue weighted by atomic mass is 9.92. The van der Waals surface area contributed by atoms with Crippen LogP contribution in [0.5, 0.6) is 11.5 Å². The Labute approximate surface area is 168 Å². The number of carboxylic acids is 2. The zero-order chi connectivity index (χ0) is 21.8. The Morgan fingerprint density at radius 1 is 1.00 bits per heavy atom. The summed E-state index contributed by atoms with van der Waals surface area (Å²) in [5.74, 6) is -2.40. The molecular weight excluding hydrogens is 376 g/mol. The summed E-state index contributed by atoms with van der Waals surface area (Å²) in [4.78, 5) is 33.3. The van der Waals surface area contributed by atoms with E-state index >= 15 is 0 Å². The lowest BCUT2D eigenvalue weighted by Gasteiger charge is -2.16. The molecule has 0 fully saturated rings. The fourth-order valence-corrected chi connectivity index (χ4v) is 2.50. The number of benzene rings is 1.